The molecule has 3 rings (SSSR count). The summed E-state index contributed by atoms with van der Waals surface area (Å²) in [5, 5.41) is 5.84. The van der Waals surface area contributed by atoms with E-state index in [4.69, 9.17) is 4.74 Å². The number of rotatable bonds is 9. The molecule has 0 saturated heterocycles. The average Bonchev–Trinajstić information content (AvgIpc) is 2.72. The van der Waals surface area contributed by atoms with Crippen LogP contribution in [0.3, 0.4) is 0 Å². The van der Waals surface area contributed by atoms with E-state index in [-0.39, 0.29) is 11.8 Å². The summed E-state index contributed by atoms with van der Waals surface area (Å²) in [4.78, 5) is 23.6. The molecule has 5 nitrogen and oxygen atoms in total. The fourth-order valence-corrected chi connectivity index (χ4v) is 3.82. The molecule has 2 amide bonds. The van der Waals surface area contributed by atoms with Gasteiger partial charge < -0.3 is 15.4 Å². The number of amides is 2. The molecule has 0 unspecified atom stereocenters. The zero-order valence-electron chi connectivity index (χ0n) is 17.0. The molecule has 1 aliphatic rings. The summed E-state index contributed by atoms with van der Waals surface area (Å²) in [6, 6.07) is 13.6. The minimum atomic E-state index is -0.0162. The van der Waals surface area contributed by atoms with E-state index in [9.17, 15) is 9.59 Å². The van der Waals surface area contributed by atoms with Gasteiger partial charge in [-0.25, -0.2) is 0 Å². The third kappa shape index (κ3) is 6.53. The fraction of sp³-hybridized carbons (Fsp3) is 0.391. The van der Waals surface area contributed by atoms with Gasteiger partial charge in [-0.05, 0) is 53.8 Å². The van der Waals surface area contributed by atoms with Crippen molar-refractivity contribution >= 4 is 29.3 Å². The number of ether oxygens (including phenoxy) is 1. The molecule has 2 N–H and O–H groups in total. The van der Waals surface area contributed by atoms with Gasteiger partial charge >= 0.3 is 0 Å². The SMILES string of the molecule is CC(C)CNC(=O)c1cccc(CSCCOc2ccc3c(c2)CCC(=O)N3)c1. The Hall–Kier alpha value is -2.47. The van der Waals surface area contributed by atoms with Crippen molar-refractivity contribution in [2.45, 2.75) is 32.4 Å². The number of hydrogen-bond acceptors (Lipinski definition) is 4. The third-order valence-electron chi connectivity index (χ3n) is 4.60. The van der Waals surface area contributed by atoms with Gasteiger partial charge in [0.25, 0.3) is 5.91 Å². The Morgan fingerprint density at radius 2 is 2.07 bits per heavy atom. The molecular weight excluding hydrogens is 384 g/mol. The van der Waals surface area contributed by atoms with Crippen molar-refractivity contribution in [3.63, 3.8) is 0 Å². The Bertz CT molecular complexity index is 867. The van der Waals surface area contributed by atoms with Crippen LogP contribution in [0.5, 0.6) is 5.75 Å². The standard InChI is InChI=1S/C23H28N2O3S/c1-16(2)14-24-23(27)19-5-3-4-17(12-19)15-29-11-10-28-20-7-8-21-18(13-20)6-9-22(26)25-21/h3-5,7-8,12-13,16H,6,9-11,14-15H2,1-2H3,(H,24,27)(H,25,26). The van der Waals surface area contributed by atoms with Gasteiger partial charge in [0.2, 0.25) is 5.91 Å². The number of benzene rings is 2. The Kier molecular flexibility index (Phi) is 7.58. The predicted molar refractivity (Wildman–Crippen MR) is 119 cm³/mol. The molecule has 0 aromatic heterocycles. The zero-order chi connectivity index (χ0) is 20.6. The van der Waals surface area contributed by atoms with E-state index >= 15 is 0 Å². The minimum absolute atomic E-state index is 0.0162. The first-order valence-corrected chi connectivity index (χ1v) is 11.2. The number of aryl methyl sites for hydroxylation is 1. The fourth-order valence-electron chi connectivity index (χ4n) is 3.06. The first-order chi connectivity index (χ1) is 14.0. The van der Waals surface area contributed by atoms with Crippen LogP contribution in [-0.2, 0) is 17.0 Å². The molecule has 29 heavy (non-hydrogen) atoms. The summed E-state index contributed by atoms with van der Waals surface area (Å²) in [6.45, 7) is 5.46. The van der Waals surface area contributed by atoms with E-state index in [0.717, 1.165) is 40.5 Å². The van der Waals surface area contributed by atoms with Gasteiger partial charge in [0.05, 0.1) is 6.61 Å². The second-order valence-corrected chi connectivity index (χ2v) is 8.68. The van der Waals surface area contributed by atoms with Crippen LogP contribution in [0.1, 0.15) is 41.8 Å². The number of nitrogens with one attached hydrogen (secondary N) is 2. The molecule has 0 radical (unpaired) electrons. The lowest BCUT2D eigenvalue weighted by Crippen LogP contribution is -2.27. The zero-order valence-corrected chi connectivity index (χ0v) is 17.8. The summed E-state index contributed by atoms with van der Waals surface area (Å²) in [7, 11) is 0. The van der Waals surface area contributed by atoms with Gasteiger partial charge in [0.1, 0.15) is 5.75 Å². The molecular formula is C23H28N2O3S. The van der Waals surface area contributed by atoms with E-state index in [1.54, 1.807) is 11.8 Å². The highest BCUT2D eigenvalue weighted by Gasteiger charge is 2.15. The third-order valence-corrected chi connectivity index (χ3v) is 5.59. The first-order valence-electron chi connectivity index (χ1n) is 10.0. The monoisotopic (exact) mass is 412 g/mol. The van der Waals surface area contributed by atoms with Crippen LogP contribution in [0.15, 0.2) is 42.5 Å². The molecule has 6 heteroatoms. The lowest BCUT2D eigenvalue weighted by atomic mass is 10.0. The molecule has 0 bridgehead atoms. The summed E-state index contributed by atoms with van der Waals surface area (Å²) >= 11 is 1.78. The van der Waals surface area contributed by atoms with Crippen molar-refractivity contribution in [1.82, 2.24) is 5.32 Å². The van der Waals surface area contributed by atoms with Crippen molar-refractivity contribution in [3.05, 3.63) is 59.2 Å². The molecule has 1 aliphatic heterocycles. The van der Waals surface area contributed by atoms with Gasteiger partial charge in [-0.3, -0.25) is 9.59 Å². The molecule has 0 saturated carbocycles. The van der Waals surface area contributed by atoms with Crippen molar-refractivity contribution in [2.75, 3.05) is 24.2 Å². The van der Waals surface area contributed by atoms with Gasteiger partial charge in [0.15, 0.2) is 0 Å². The van der Waals surface area contributed by atoms with E-state index in [2.05, 4.69) is 24.5 Å². The highest BCUT2D eigenvalue weighted by atomic mass is 32.2. The number of carbonyl (C=O) groups excluding carboxylic acids is 2. The van der Waals surface area contributed by atoms with Gasteiger partial charge in [0, 0.05) is 35.7 Å². The Morgan fingerprint density at radius 3 is 2.90 bits per heavy atom. The molecule has 1 heterocycles. The maximum Gasteiger partial charge on any atom is 0.251 e. The second-order valence-electron chi connectivity index (χ2n) is 7.57. The van der Waals surface area contributed by atoms with Crippen LogP contribution in [-0.4, -0.2) is 30.7 Å². The number of carbonyl (C=O) groups is 2. The Morgan fingerprint density at radius 1 is 1.21 bits per heavy atom. The molecule has 154 valence electrons. The van der Waals surface area contributed by atoms with E-state index in [1.165, 1.54) is 0 Å². The summed E-state index contributed by atoms with van der Waals surface area (Å²) in [5.74, 6) is 3.03. The van der Waals surface area contributed by atoms with Crippen LogP contribution in [0, 0.1) is 5.92 Å². The van der Waals surface area contributed by atoms with Crippen molar-refractivity contribution in [3.8, 4) is 5.75 Å². The Labute approximate surface area is 176 Å². The predicted octanol–water partition coefficient (Wildman–Crippen LogP) is 4.27. The lowest BCUT2D eigenvalue weighted by Gasteiger charge is -2.17. The minimum Gasteiger partial charge on any atom is -0.493 e. The lowest BCUT2D eigenvalue weighted by molar-refractivity contribution is -0.116. The first kappa shape index (κ1) is 21.2. The largest absolute Gasteiger partial charge is 0.493 e. The van der Waals surface area contributed by atoms with Crippen LogP contribution in [0.2, 0.25) is 0 Å². The van der Waals surface area contributed by atoms with Gasteiger partial charge in [-0.15, -0.1) is 0 Å². The topological polar surface area (TPSA) is 67.4 Å². The number of fused-ring (bicyclic) bond motifs is 1. The second kappa shape index (κ2) is 10.3. The molecule has 0 fully saturated rings. The van der Waals surface area contributed by atoms with Crippen molar-refractivity contribution in [2.24, 2.45) is 5.92 Å². The quantitative estimate of drug-likeness (QED) is 0.604. The molecule has 0 atom stereocenters. The highest BCUT2D eigenvalue weighted by molar-refractivity contribution is 7.98. The number of hydrogen-bond donors (Lipinski definition) is 2. The maximum atomic E-state index is 12.2. The van der Waals surface area contributed by atoms with Crippen molar-refractivity contribution < 1.29 is 14.3 Å². The highest BCUT2D eigenvalue weighted by Crippen LogP contribution is 2.27. The smallest absolute Gasteiger partial charge is 0.251 e. The number of anilines is 1. The average molecular weight is 413 g/mol. The van der Waals surface area contributed by atoms with Crippen LogP contribution < -0.4 is 15.4 Å². The summed E-state index contributed by atoms with van der Waals surface area (Å²) in [5.41, 5.74) is 3.86. The van der Waals surface area contributed by atoms with Crippen LogP contribution >= 0.6 is 11.8 Å². The molecule has 2 aromatic carbocycles. The Balaban J connectivity index is 1.41. The van der Waals surface area contributed by atoms with Crippen LogP contribution in [0.25, 0.3) is 0 Å². The van der Waals surface area contributed by atoms with E-state index in [1.807, 2.05) is 42.5 Å². The van der Waals surface area contributed by atoms with E-state index in [0.29, 0.717) is 31.1 Å². The molecule has 2 aromatic rings. The normalized spacial score (nSPS) is 13.0. The van der Waals surface area contributed by atoms with Crippen LogP contribution in [0.4, 0.5) is 5.69 Å². The van der Waals surface area contributed by atoms with E-state index < -0.39 is 0 Å². The summed E-state index contributed by atoms with van der Waals surface area (Å²) < 4.78 is 5.86. The molecule has 0 spiro atoms. The number of thioether (sulfide) groups is 1. The molecule has 0 aliphatic carbocycles. The summed E-state index contributed by atoms with van der Waals surface area (Å²) in [6.07, 6.45) is 1.29. The van der Waals surface area contributed by atoms with Crippen molar-refractivity contribution in [1.29, 1.82) is 0 Å². The maximum absolute atomic E-state index is 12.2. The van der Waals surface area contributed by atoms with Gasteiger partial charge in [-0.1, -0.05) is 26.0 Å². The van der Waals surface area contributed by atoms with Gasteiger partial charge in [-0.2, -0.15) is 11.8 Å².